The minimum Gasteiger partial charge on any atom is -0.494 e. The first-order valence-electron chi connectivity index (χ1n) is 10.2. The first kappa shape index (κ1) is 23.4. The van der Waals surface area contributed by atoms with E-state index < -0.39 is 25.8 Å². The molecule has 0 unspecified atom stereocenters. The summed E-state index contributed by atoms with van der Waals surface area (Å²) in [7, 11) is -8.25. The topological polar surface area (TPSA) is 119 Å². The van der Waals surface area contributed by atoms with Crippen molar-refractivity contribution in [2.24, 2.45) is 4.40 Å². The van der Waals surface area contributed by atoms with E-state index in [1.165, 1.54) is 42.5 Å². The van der Waals surface area contributed by atoms with E-state index >= 15 is 0 Å². The van der Waals surface area contributed by atoms with Crippen molar-refractivity contribution in [2.75, 3.05) is 6.61 Å². The van der Waals surface area contributed by atoms with Crippen LogP contribution < -0.4 is 9.46 Å². The van der Waals surface area contributed by atoms with Crippen LogP contribution in [0, 0.1) is 0 Å². The Morgan fingerprint density at radius 3 is 2.06 bits per heavy atom. The van der Waals surface area contributed by atoms with E-state index in [9.17, 15) is 21.6 Å². The summed E-state index contributed by atoms with van der Waals surface area (Å²) in [5, 5.41) is 0. The van der Waals surface area contributed by atoms with Crippen molar-refractivity contribution >= 4 is 31.5 Å². The molecule has 0 radical (unpaired) electrons. The number of nitrogens with zero attached hydrogens (tertiary/aromatic N) is 1. The number of allylic oxidation sites excluding steroid dienone is 2. The predicted octanol–water partition coefficient (Wildman–Crippen LogP) is 3.32. The molecule has 0 saturated heterocycles. The standard InChI is InChI=1S/C24H20N2O6S2/c1-2-32-17-12-14-19(15-13-17)34(30,31)25-22-16-23(24(27)21-11-7-6-10-20(21)22)26-33(28,29)18-8-4-3-5-9-18/h3-16,26H,2H2,1H3. The van der Waals surface area contributed by atoms with Gasteiger partial charge in [0.15, 0.2) is 0 Å². The van der Waals surface area contributed by atoms with Crippen LogP contribution in [0.5, 0.6) is 5.75 Å². The van der Waals surface area contributed by atoms with E-state index in [-0.39, 0.29) is 32.3 Å². The van der Waals surface area contributed by atoms with Gasteiger partial charge in [-0.05, 0) is 49.4 Å². The van der Waals surface area contributed by atoms with Crippen LogP contribution >= 0.6 is 0 Å². The fourth-order valence-electron chi connectivity index (χ4n) is 3.34. The number of Topliss-reactive ketones (excluding diaryl/α,β-unsaturated/α-hetero) is 1. The molecule has 1 aliphatic carbocycles. The Balaban J connectivity index is 1.77. The number of hydrogen-bond donors (Lipinski definition) is 1. The molecule has 0 heterocycles. The Kier molecular flexibility index (Phi) is 6.36. The Labute approximate surface area is 197 Å². The summed E-state index contributed by atoms with van der Waals surface area (Å²) in [6, 6.07) is 19.6. The van der Waals surface area contributed by atoms with Crippen molar-refractivity contribution < 1.29 is 26.4 Å². The maximum absolute atomic E-state index is 13.0. The number of sulfonamides is 2. The van der Waals surface area contributed by atoms with Crippen LogP contribution in [-0.4, -0.2) is 34.9 Å². The molecule has 1 N–H and O–H groups in total. The zero-order chi connectivity index (χ0) is 24.3. The smallest absolute Gasteiger partial charge is 0.282 e. The number of benzene rings is 3. The second kappa shape index (κ2) is 9.24. The molecule has 0 atom stereocenters. The maximum atomic E-state index is 13.0. The van der Waals surface area contributed by atoms with Crippen LogP contribution in [0.1, 0.15) is 22.8 Å². The Morgan fingerprint density at radius 2 is 1.41 bits per heavy atom. The predicted molar refractivity (Wildman–Crippen MR) is 127 cm³/mol. The van der Waals surface area contributed by atoms with Crippen molar-refractivity contribution in [3.63, 3.8) is 0 Å². The molecule has 0 spiro atoms. The van der Waals surface area contributed by atoms with Gasteiger partial charge in [-0.15, -0.1) is 0 Å². The first-order valence-corrected chi connectivity index (χ1v) is 13.1. The minimum atomic E-state index is -4.17. The van der Waals surface area contributed by atoms with E-state index in [0.29, 0.717) is 12.4 Å². The summed E-state index contributed by atoms with van der Waals surface area (Å²) < 4.78 is 63.1. The molecule has 0 fully saturated rings. The summed E-state index contributed by atoms with van der Waals surface area (Å²) in [4.78, 5) is 12.9. The van der Waals surface area contributed by atoms with E-state index in [1.807, 2.05) is 6.92 Å². The Hall–Kier alpha value is -3.76. The molecule has 0 aromatic heterocycles. The van der Waals surface area contributed by atoms with Crippen LogP contribution in [0.4, 0.5) is 0 Å². The summed E-state index contributed by atoms with van der Waals surface area (Å²) in [5.74, 6) is -0.0762. The van der Waals surface area contributed by atoms with Gasteiger partial charge in [0.05, 0.1) is 27.8 Å². The Bertz CT molecular complexity index is 1510. The molecule has 3 aromatic rings. The lowest BCUT2D eigenvalue weighted by molar-refractivity contribution is 0.102. The average Bonchev–Trinajstić information content (AvgIpc) is 2.83. The van der Waals surface area contributed by atoms with Crippen molar-refractivity contribution in [3.8, 4) is 5.75 Å². The zero-order valence-corrected chi connectivity index (χ0v) is 19.6. The summed E-state index contributed by atoms with van der Waals surface area (Å²) >= 11 is 0. The van der Waals surface area contributed by atoms with Gasteiger partial charge in [0.1, 0.15) is 5.75 Å². The van der Waals surface area contributed by atoms with Gasteiger partial charge >= 0.3 is 0 Å². The molecular weight excluding hydrogens is 476 g/mol. The molecular formula is C24H20N2O6S2. The van der Waals surface area contributed by atoms with E-state index in [2.05, 4.69) is 9.12 Å². The number of hydrogen-bond acceptors (Lipinski definition) is 6. The van der Waals surface area contributed by atoms with Crippen LogP contribution in [-0.2, 0) is 20.0 Å². The molecule has 1 aliphatic rings. The van der Waals surface area contributed by atoms with Crippen molar-refractivity contribution in [1.82, 2.24) is 4.72 Å². The lowest BCUT2D eigenvalue weighted by Gasteiger charge is -2.18. The summed E-state index contributed by atoms with van der Waals surface area (Å²) in [5.41, 5.74) is 0.0547. The molecule has 8 nitrogen and oxygen atoms in total. The van der Waals surface area contributed by atoms with Gasteiger partial charge < -0.3 is 4.74 Å². The second-order valence-electron chi connectivity index (χ2n) is 7.21. The summed E-state index contributed by atoms with van der Waals surface area (Å²) in [6.07, 6.45) is 1.14. The van der Waals surface area contributed by atoms with Gasteiger partial charge in [-0.25, -0.2) is 8.42 Å². The minimum absolute atomic E-state index is 0.0388. The number of carbonyl (C=O) groups excluding carboxylic acids is 1. The number of ketones is 1. The maximum Gasteiger partial charge on any atom is 0.282 e. The van der Waals surface area contributed by atoms with Gasteiger partial charge in [0.2, 0.25) is 5.78 Å². The SMILES string of the molecule is CCOc1ccc(S(=O)(=O)N=C2C=C(NS(=O)(=O)c3ccccc3)C(=O)c3ccccc32)cc1. The highest BCUT2D eigenvalue weighted by Gasteiger charge is 2.29. The largest absolute Gasteiger partial charge is 0.494 e. The monoisotopic (exact) mass is 496 g/mol. The highest BCUT2D eigenvalue weighted by molar-refractivity contribution is 7.90. The number of ether oxygens (including phenoxy) is 1. The van der Waals surface area contributed by atoms with Gasteiger partial charge in [0.25, 0.3) is 20.0 Å². The molecule has 0 aliphatic heterocycles. The van der Waals surface area contributed by atoms with E-state index in [4.69, 9.17) is 4.74 Å². The molecule has 0 saturated carbocycles. The number of nitrogens with one attached hydrogen (secondary N) is 1. The van der Waals surface area contributed by atoms with Crippen LogP contribution in [0.15, 0.2) is 105 Å². The normalized spacial score (nSPS) is 14.9. The molecule has 0 amide bonds. The van der Waals surface area contributed by atoms with Crippen molar-refractivity contribution in [2.45, 2.75) is 16.7 Å². The van der Waals surface area contributed by atoms with Crippen LogP contribution in [0.2, 0.25) is 0 Å². The molecule has 10 heteroatoms. The van der Waals surface area contributed by atoms with Crippen LogP contribution in [0.25, 0.3) is 0 Å². The first-order chi connectivity index (χ1) is 16.2. The molecule has 174 valence electrons. The molecule has 4 rings (SSSR count). The van der Waals surface area contributed by atoms with E-state index in [0.717, 1.165) is 6.08 Å². The van der Waals surface area contributed by atoms with Crippen molar-refractivity contribution in [3.05, 3.63) is 102 Å². The number of rotatable bonds is 7. The highest BCUT2D eigenvalue weighted by Crippen LogP contribution is 2.25. The van der Waals surface area contributed by atoms with Gasteiger partial charge in [-0.2, -0.15) is 12.8 Å². The highest BCUT2D eigenvalue weighted by atomic mass is 32.2. The van der Waals surface area contributed by atoms with Crippen LogP contribution in [0.3, 0.4) is 0 Å². The summed E-state index contributed by atoms with van der Waals surface area (Å²) in [6.45, 7) is 2.25. The molecule has 3 aromatic carbocycles. The zero-order valence-electron chi connectivity index (χ0n) is 18.0. The third-order valence-electron chi connectivity index (χ3n) is 4.92. The fraction of sp³-hybridized carbons (Fsp3) is 0.0833. The van der Waals surface area contributed by atoms with Gasteiger partial charge in [-0.1, -0.05) is 42.5 Å². The number of carbonyl (C=O) groups is 1. The second-order valence-corrected chi connectivity index (χ2v) is 10.5. The van der Waals surface area contributed by atoms with E-state index in [1.54, 1.807) is 36.4 Å². The third-order valence-corrected chi connectivity index (χ3v) is 7.61. The lowest BCUT2D eigenvalue weighted by Crippen LogP contribution is -2.31. The molecule has 34 heavy (non-hydrogen) atoms. The quantitative estimate of drug-likeness (QED) is 0.536. The van der Waals surface area contributed by atoms with Gasteiger partial charge in [-0.3, -0.25) is 9.52 Å². The number of fused-ring (bicyclic) bond motifs is 1. The Morgan fingerprint density at radius 1 is 0.794 bits per heavy atom. The molecule has 0 bridgehead atoms. The third kappa shape index (κ3) is 4.78. The fourth-order valence-corrected chi connectivity index (χ4v) is 5.41. The lowest BCUT2D eigenvalue weighted by atomic mass is 9.93. The van der Waals surface area contributed by atoms with Crippen molar-refractivity contribution in [1.29, 1.82) is 0 Å². The van der Waals surface area contributed by atoms with Gasteiger partial charge in [0, 0.05) is 11.1 Å². The average molecular weight is 497 g/mol.